The number of hydrogen-bond donors (Lipinski definition) is 0. The number of amides is 1. The largest absolute Gasteiger partial charge is 0.449 e. The van der Waals surface area contributed by atoms with E-state index in [1.54, 1.807) is 24.3 Å². The molecule has 6 heteroatoms. The van der Waals surface area contributed by atoms with Gasteiger partial charge in [0.2, 0.25) is 0 Å². The zero-order chi connectivity index (χ0) is 14.0. The van der Waals surface area contributed by atoms with Gasteiger partial charge in [-0.15, -0.1) is 0 Å². The van der Waals surface area contributed by atoms with Crippen LogP contribution >= 0.6 is 0 Å². The van der Waals surface area contributed by atoms with Crippen molar-refractivity contribution in [2.45, 2.75) is 32.1 Å². The summed E-state index contributed by atoms with van der Waals surface area (Å²) in [4.78, 5) is 12.3. The first-order chi connectivity index (χ1) is 8.88. The second kappa shape index (κ2) is 5.11. The zero-order valence-electron chi connectivity index (χ0n) is 10.4. The molecule has 0 radical (unpaired) electrons. The quantitative estimate of drug-likeness (QED) is 0.827. The first kappa shape index (κ1) is 13.7. The van der Waals surface area contributed by atoms with Crippen LogP contribution in [-0.4, -0.2) is 29.8 Å². The van der Waals surface area contributed by atoms with Crippen LogP contribution in [0, 0.1) is 6.92 Å². The summed E-state index contributed by atoms with van der Waals surface area (Å²) in [6.07, 6.45) is -5.56. The molecule has 0 saturated carbocycles. The molecule has 19 heavy (non-hydrogen) atoms. The molecule has 1 aliphatic heterocycles. The van der Waals surface area contributed by atoms with Crippen LogP contribution in [0.5, 0.6) is 0 Å². The first-order valence-electron chi connectivity index (χ1n) is 5.93. The van der Waals surface area contributed by atoms with E-state index >= 15 is 0 Å². The SMILES string of the molecule is Cc1ccc(CN2C(=O)OCCC2C(F)(F)F)cc1. The van der Waals surface area contributed by atoms with Crippen LogP contribution in [0.25, 0.3) is 0 Å². The van der Waals surface area contributed by atoms with Crippen molar-refractivity contribution < 1.29 is 22.7 Å². The lowest BCUT2D eigenvalue weighted by Gasteiger charge is -2.35. The minimum Gasteiger partial charge on any atom is -0.449 e. The van der Waals surface area contributed by atoms with Gasteiger partial charge in [0.15, 0.2) is 0 Å². The highest BCUT2D eigenvalue weighted by Gasteiger charge is 2.47. The number of halogens is 3. The van der Waals surface area contributed by atoms with E-state index in [0.717, 1.165) is 10.5 Å². The third-order valence-corrected chi connectivity index (χ3v) is 3.08. The lowest BCUT2D eigenvalue weighted by molar-refractivity contribution is -0.191. The van der Waals surface area contributed by atoms with Gasteiger partial charge in [-0.1, -0.05) is 29.8 Å². The van der Waals surface area contributed by atoms with Gasteiger partial charge in [0.25, 0.3) is 0 Å². The minimum absolute atomic E-state index is 0.0940. The minimum atomic E-state index is -4.43. The Morgan fingerprint density at radius 1 is 1.32 bits per heavy atom. The molecule has 1 fully saturated rings. The number of nitrogens with zero attached hydrogens (tertiary/aromatic N) is 1. The molecule has 1 unspecified atom stereocenters. The fourth-order valence-electron chi connectivity index (χ4n) is 2.03. The average molecular weight is 273 g/mol. The molecule has 1 aromatic carbocycles. The smallest absolute Gasteiger partial charge is 0.410 e. The Balaban J connectivity index is 2.18. The molecular weight excluding hydrogens is 259 g/mol. The molecule has 104 valence electrons. The van der Waals surface area contributed by atoms with Gasteiger partial charge in [-0.2, -0.15) is 13.2 Å². The Morgan fingerprint density at radius 3 is 2.53 bits per heavy atom. The summed E-state index contributed by atoms with van der Waals surface area (Å²) in [7, 11) is 0. The van der Waals surface area contributed by atoms with Crippen LogP contribution in [0.15, 0.2) is 24.3 Å². The first-order valence-corrected chi connectivity index (χ1v) is 5.93. The highest BCUT2D eigenvalue weighted by Crippen LogP contribution is 2.31. The standard InChI is InChI=1S/C13H14F3NO2/c1-9-2-4-10(5-3-9)8-17-11(13(14,15)16)6-7-19-12(17)18/h2-5,11H,6-8H2,1H3. The van der Waals surface area contributed by atoms with Gasteiger partial charge in [-0.3, -0.25) is 4.90 Å². The molecule has 3 nitrogen and oxygen atoms in total. The maximum absolute atomic E-state index is 12.9. The Labute approximate surface area is 109 Å². The van der Waals surface area contributed by atoms with E-state index in [1.807, 2.05) is 6.92 Å². The molecule has 0 aromatic heterocycles. The predicted molar refractivity (Wildman–Crippen MR) is 62.5 cm³/mol. The molecule has 1 aliphatic rings. The predicted octanol–water partition coefficient (Wildman–Crippen LogP) is 3.27. The summed E-state index contributed by atoms with van der Waals surface area (Å²) in [5, 5.41) is 0. The second-order valence-corrected chi connectivity index (χ2v) is 4.57. The molecule has 1 aromatic rings. The van der Waals surface area contributed by atoms with E-state index in [9.17, 15) is 18.0 Å². The Bertz CT molecular complexity index is 456. The molecule has 2 rings (SSSR count). The Morgan fingerprint density at radius 2 is 1.95 bits per heavy atom. The van der Waals surface area contributed by atoms with Crippen molar-refractivity contribution in [2.24, 2.45) is 0 Å². The number of carbonyl (C=O) groups excluding carboxylic acids is 1. The molecule has 0 aliphatic carbocycles. The van der Waals surface area contributed by atoms with Gasteiger partial charge in [0.1, 0.15) is 6.04 Å². The van der Waals surface area contributed by atoms with Gasteiger partial charge in [0.05, 0.1) is 6.61 Å². The summed E-state index contributed by atoms with van der Waals surface area (Å²) >= 11 is 0. The van der Waals surface area contributed by atoms with Crippen LogP contribution in [0.4, 0.5) is 18.0 Å². The number of hydrogen-bond acceptors (Lipinski definition) is 2. The molecule has 0 N–H and O–H groups in total. The van der Waals surface area contributed by atoms with E-state index in [4.69, 9.17) is 4.74 Å². The number of ether oxygens (including phenoxy) is 1. The van der Waals surface area contributed by atoms with Crippen molar-refractivity contribution in [1.29, 1.82) is 0 Å². The number of alkyl halides is 3. The molecule has 0 spiro atoms. The fraction of sp³-hybridized carbons (Fsp3) is 0.462. The normalized spacial score (nSPS) is 20.3. The fourth-order valence-corrected chi connectivity index (χ4v) is 2.03. The monoisotopic (exact) mass is 273 g/mol. The summed E-state index contributed by atoms with van der Waals surface area (Å²) in [5.41, 5.74) is 1.66. The van der Waals surface area contributed by atoms with Gasteiger partial charge < -0.3 is 4.74 Å². The lowest BCUT2D eigenvalue weighted by atomic mass is 10.1. The van der Waals surface area contributed by atoms with Crippen LogP contribution in [-0.2, 0) is 11.3 Å². The second-order valence-electron chi connectivity index (χ2n) is 4.57. The zero-order valence-corrected chi connectivity index (χ0v) is 10.4. The number of cyclic esters (lactones) is 1. The van der Waals surface area contributed by atoms with Crippen LogP contribution in [0.2, 0.25) is 0 Å². The maximum atomic E-state index is 12.9. The van der Waals surface area contributed by atoms with Crippen LogP contribution in [0.3, 0.4) is 0 Å². The summed E-state index contributed by atoms with van der Waals surface area (Å²) in [6, 6.07) is 5.26. The highest BCUT2D eigenvalue weighted by molar-refractivity contribution is 5.69. The van der Waals surface area contributed by atoms with Crippen molar-refractivity contribution in [3.05, 3.63) is 35.4 Å². The maximum Gasteiger partial charge on any atom is 0.410 e. The molecule has 0 bridgehead atoms. The van der Waals surface area contributed by atoms with Gasteiger partial charge in [0, 0.05) is 13.0 Å². The topological polar surface area (TPSA) is 29.5 Å². The van der Waals surface area contributed by atoms with E-state index in [1.165, 1.54) is 0 Å². The van der Waals surface area contributed by atoms with Crippen molar-refractivity contribution in [2.75, 3.05) is 6.61 Å². The Kier molecular flexibility index (Phi) is 3.68. The van der Waals surface area contributed by atoms with Gasteiger partial charge in [-0.05, 0) is 12.5 Å². The van der Waals surface area contributed by atoms with Crippen molar-refractivity contribution in [1.82, 2.24) is 4.90 Å². The number of aryl methyl sites for hydroxylation is 1. The molecular formula is C13H14F3NO2. The number of carbonyl (C=O) groups is 1. The molecule has 1 amide bonds. The number of rotatable bonds is 2. The van der Waals surface area contributed by atoms with Crippen molar-refractivity contribution in [3.63, 3.8) is 0 Å². The lowest BCUT2D eigenvalue weighted by Crippen LogP contribution is -2.52. The van der Waals surface area contributed by atoms with E-state index in [-0.39, 0.29) is 19.6 Å². The molecule has 1 saturated heterocycles. The third kappa shape index (κ3) is 3.19. The summed E-state index contributed by atoms with van der Waals surface area (Å²) < 4.78 is 43.3. The summed E-state index contributed by atoms with van der Waals surface area (Å²) in [6.45, 7) is 1.61. The van der Waals surface area contributed by atoms with Gasteiger partial charge >= 0.3 is 12.3 Å². The summed E-state index contributed by atoms with van der Waals surface area (Å²) in [5.74, 6) is 0. The Hall–Kier alpha value is -1.72. The highest BCUT2D eigenvalue weighted by atomic mass is 19.4. The van der Waals surface area contributed by atoms with Crippen LogP contribution < -0.4 is 0 Å². The van der Waals surface area contributed by atoms with Gasteiger partial charge in [-0.25, -0.2) is 4.79 Å². The molecule has 1 heterocycles. The van der Waals surface area contributed by atoms with Crippen molar-refractivity contribution in [3.8, 4) is 0 Å². The number of benzene rings is 1. The molecule has 1 atom stereocenters. The van der Waals surface area contributed by atoms with Crippen LogP contribution in [0.1, 0.15) is 17.5 Å². The van der Waals surface area contributed by atoms with E-state index in [0.29, 0.717) is 5.56 Å². The van der Waals surface area contributed by atoms with E-state index in [2.05, 4.69) is 0 Å². The average Bonchev–Trinajstić information content (AvgIpc) is 2.33. The third-order valence-electron chi connectivity index (χ3n) is 3.08. The van der Waals surface area contributed by atoms with Crippen molar-refractivity contribution >= 4 is 6.09 Å². The van der Waals surface area contributed by atoms with E-state index < -0.39 is 18.3 Å².